The Bertz CT molecular complexity index is 590. The van der Waals surface area contributed by atoms with Crippen LogP contribution >= 0.6 is 0 Å². The lowest BCUT2D eigenvalue weighted by Crippen LogP contribution is -2.46. The van der Waals surface area contributed by atoms with Gasteiger partial charge in [-0.2, -0.15) is 0 Å². The van der Waals surface area contributed by atoms with Crippen LogP contribution in [0, 0.1) is 0 Å². The molecule has 5 heteroatoms. The summed E-state index contributed by atoms with van der Waals surface area (Å²) in [5.41, 5.74) is 1.24. The summed E-state index contributed by atoms with van der Waals surface area (Å²) in [5, 5.41) is 3.64. The molecule has 1 aliphatic rings. The van der Waals surface area contributed by atoms with Crippen molar-refractivity contribution in [3.05, 3.63) is 48.3 Å². The molecule has 0 bridgehead atoms. The number of rotatable bonds is 5. The zero-order valence-electron chi connectivity index (χ0n) is 12.9. The van der Waals surface area contributed by atoms with Gasteiger partial charge in [0.25, 0.3) is 0 Å². The van der Waals surface area contributed by atoms with Gasteiger partial charge in [0.2, 0.25) is 5.95 Å². The van der Waals surface area contributed by atoms with Crippen LogP contribution in [0.1, 0.15) is 18.4 Å². The fourth-order valence-electron chi connectivity index (χ4n) is 2.82. The highest BCUT2D eigenvalue weighted by molar-refractivity contribution is 5.30. The van der Waals surface area contributed by atoms with Gasteiger partial charge < -0.3 is 15.0 Å². The normalized spacial score (nSPS) is 18.2. The van der Waals surface area contributed by atoms with Gasteiger partial charge in [-0.05, 0) is 36.6 Å². The first-order chi connectivity index (χ1) is 10.8. The standard InChI is InChI=1S/C17H22N4O/c1-22-16-7-2-5-14(11-16)12-20-15-6-3-10-21(13-15)17-18-8-4-9-19-17/h2,4-5,7-9,11,15,20H,3,6,10,12-13H2,1H3. The molecule has 1 fully saturated rings. The zero-order chi connectivity index (χ0) is 15.2. The van der Waals surface area contributed by atoms with Gasteiger partial charge in [-0.1, -0.05) is 12.1 Å². The summed E-state index contributed by atoms with van der Waals surface area (Å²) in [6.07, 6.45) is 5.95. The van der Waals surface area contributed by atoms with Gasteiger partial charge in [0.05, 0.1) is 7.11 Å². The Morgan fingerprint density at radius 3 is 2.95 bits per heavy atom. The molecule has 1 saturated heterocycles. The molecule has 22 heavy (non-hydrogen) atoms. The lowest BCUT2D eigenvalue weighted by Gasteiger charge is -2.33. The molecule has 2 heterocycles. The molecule has 1 unspecified atom stereocenters. The fraction of sp³-hybridized carbons (Fsp3) is 0.412. The summed E-state index contributed by atoms with van der Waals surface area (Å²) in [6, 6.07) is 10.5. The largest absolute Gasteiger partial charge is 0.497 e. The average Bonchev–Trinajstić information content (AvgIpc) is 2.61. The SMILES string of the molecule is COc1cccc(CNC2CCCN(c3ncccn3)C2)c1. The molecule has 0 saturated carbocycles. The number of hydrogen-bond acceptors (Lipinski definition) is 5. The summed E-state index contributed by atoms with van der Waals surface area (Å²) in [5.74, 6) is 1.73. The highest BCUT2D eigenvalue weighted by Gasteiger charge is 2.21. The van der Waals surface area contributed by atoms with E-state index in [4.69, 9.17) is 4.74 Å². The Morgan fingerprint density at radius 1 is 1.27 bits per heavy atom. The van der Waals surface area contributed by atoms with Gasteiger partial charge in [-0.25, -0.2) is 9.97 Å². The summed E-state index contributed by atoms with van der Waals surface area (Å²) in [6.45, 7) is 2.83. The van der Waals surface area contributed by atoms with Crippen LogP contribution in [0.25, 0.3) is 0 Å². The molecular formula is C17H22N4O. The molecule has 116 valence electrons. The van der Waals surface area contributed by atoms with Gasteiger partial charge in [0, 0.05) is 38.1 Å². The third-order valence-electron chi connectivity index (χ3n) is 3.99. The molecule has 3 rings (SSSR count). The van der Waals surface area contributed by atoms with Crippen LogP contribution < -0.4 is 15.0 Å². The summed E-state index contributed by atoms with van der Waals surface area (Å²) >= 11 is 0. The van der Waals surface area contributed by atoms with E-state index in [0.29, 0.717) is 6.04 Å². The molecule has 5 nitrogen and oxygen atoms in total. The second-order valence-electron chi connectivity index (χ2n) is 5.57. The van der Waals surface area contributed by atoms with E-state index in [1.165, 1.54) is 12.0 Å². The quantitative estimate of drug-likeness (QED) is 0.917. The number of anilines is 1. The lowest BCUT2D eigenvalue weighted by atomic mass is 10.1. The van der Waals surface area contributed by atoms with E-state index in [-0.39, 0.29) is 0 Å². The van der Waals surface area contributed by atoms with Crippen molar-refractivity contribution in [1.29, 1.82) is 0 Å². The van der Waals surface area contributed by atoms with Crippen LogP contribution in [0.5, 0.6) is 5.75 Å². The fourth-order valence-corrected chi connectivity index (χ4v) is 2.82. The first-order valence-electron chi connectivity index (χ1n) is 7.73. The first-order valence-corrected chi connectivity index (χ1v) is 7.73. The Labute approximate surface area is 131 Å². The molecule has 0 aliphatic carbocycles. The Morgan fingerprint density at radius 2 is 2.14 bits per heavy atom. The minimum atomic E-state index is 0.462. The Hall–Kier alpha value is -2.14. The van der Waals surface area contributed by atoms with Crippen molar-refractivity contribution in [1.82, 2.24) is 15.3 Å². The van der Waals surface area contributed by atoms with Crippen LogP contribution in [-0.2, 0) is 6.54 Å². The van der Waals surface area contributed by atoms with Crippen molar-refractivity contribution in [2.24, 2.45) is 0 Å². The lowest BCUT2D eigenvalue weighted by molar-refractivity contribution is 0.409. The van der Waals surface area contributed by atoms with Crippen LogP contribution in [0.15, 0.2) is 42.7 Å². The number of nitrogens with one attached hydrogen (secondary N) is 1. The molecule has 1 atom stereocenters. The third kappa shape index (κ3) is 3.74. The smallest absolute Gasteiger partial charge is 0.225 e. The zero-order valence-corrected chi connectivity index (χ0v) is 12.9. The number of ether oxygens (including phenoxy) is 1. The Balaban J connectivity index is 1.56. The topological polar surface area (TPSA) is 50.3 Å². The minimum absolute atomic E-state index is 0.462. The maximum Gasteiger partial charge on any atom is 0.225 e. The van der Waals surface area contributed by atoms with E-state index in [2.05, 4.69) is 32.3 Å². The minimum Gasteiger partial charge on any atom is -0.497 e. The third-order valence-corrected chi connectivity index (χ3v) is 3.99. The van der Waals surface area contributed by atoms with Crippen molar-refractivity contribution in [2.45, 2.75) is 25.4 Å². The van der Waals surface area contributed by atoms with Gasteiger partial charge in [-0.15, -0.1) is 0 Å². The Kier molecular flexibility index (Phi) is 4.85. The molecule has 1 aromatic carbocycles. The molecular weight excluding hydrogens is 276 g/mol. The van der Waals surface area contributed by atoms with Crippen molar-refractivity contribution in [2.75, 3.05) is 25.1 Å². The van der Waals surface area contributed by atoms with Gasteiger partial charge in [0.15, 0.2) is 0 Å². The predicted molar refractivity (Wildman–Crippen MR) is 87.1 cm³/mol. The number of benzene rings is 1. The highest BCUT2D eigenvalue weighted by atomic mass is 16.5. The molecule has 2 aromatic rings. The summed E-state index contributed by atoms with van der Waals surface area (Å²) in [7, 11) is 1.70. The van der Waals surface area contributed by atoms with E-state index in [1.807, 2.05) is 18.2 Å². The number of hydrogen-bond donors (Lipinski definition) is 1. The van der Waals surface area contributed by atoms with Crippen molar-refractivity contribution in [3.8, 4) is 5.75 Å². The summed E-state index contributed by atoms with van der Waals surface area (Å²) < 4.78 is 5.27. The monoisotopic (exact) mass is 298 g/mol. The average molecular weight is 298 g/mol. The van der Waals surface area contributed by atoms with E-state index >= 15 is 0 Å². The van der Waals surface area contributed by atoms with Gasteiger partial charge in [0.1, 0.15) is 5.75 Å². The predicted octanol–water partition coefficient (Wildman–Crippen LogP) is 2.24. The van der Waals surface area contributed by atoms with E-state index < -0.39 is 0 Å². The number of aromatic nitrogens is 2. The van der Waals surface area contributed by atoms with Crippen molar-refractivity contribution >= 4 is 5.95 Å². The maximum atomic E-state index is 5.27. The van der Waals surface area contributed by atoms with Gasteiger partial charge >= 0.3 is 0 Å². The molecule has 0 amide bonds. The second-order valence-corrected chi connectivity index (χ2v) is 5.57. The molecule has 1 aliphatic heterocycles. The van der Waals surface area contributed by atoms with E-state index in [1.54, 1.807) is 19.5 Å². The highest BCUT2D eigenvalue weighted by Crippen LogP contribution is 2.17. The maximum absolute atomic E-state index is 5.27. The van der Waals surface area contributed by atoms with Crippen LogP contribution in [0.2, 0.25) is 0 Å². The molecule has 0 radical (unpaired) electrons. The van der Waals surface area contributed by atoms with Crippen molar-refractivity contribution < 1.29 is 4.74 Å². The van der Waals surface area contributed by atoms with Crippen LogP contribution in [-0.4, -0.2) is 36.2 Å². The second kappa shape index (κ2) is 7.22. The summed E-state index contributed by atoms with van der Waals surface area (Å²) in [4.78, 5) is 11.0. The van der Waals surface area contributed by atoms with E-state index in [9.17, 15) is 0 Å². The van der Waals surface area contributed by atoms with Crippen LogP contribution in [0.3, 0.4) is 0 Å². The van der Waals surface area contributed by atoms with E-state index in [0.717, 1.165) is 37.8 Å². The first kappa shape index (κ1) is 14.8. The number of methoxy groups -OCH3 is 1. The number of piperidine rings is 1. The van der Waals surface area contributed by atoms with Gasteiger partial charge in [-0.3, -0.25) is 0 Å². The van der Waals surface area contributed by atoms with Crippen molar-refractivity contribution in [3.63, 3.8) is 0 Å². The molecule has 1 N–H and O–H groups in total. The van der Waals surface area contributed by atoms with Crippen LogP contribution in [0.4, 0.5) is 5.95 Å². The molecule has 1 aromatic heterocycles. The molecule has 0 spiro atoms. The number of nitrogens with zero attached hydrogens (tertiary/aromatic N) is 3.